The summed E-state index contributed by atoms with van der Waals surface area (Å²) in [6.07, 6.45) is 2.85. The molecule has 0 aromatic carbocycles. The Morgan fingerprint density at radius 2 is 2.11 bits per heavy atom. The highest BCUT2D eigenvalue weighted by molar-refractivity contribution is 5.77. The van der Waals surface area contributed by atoms with E-state index >= 15 is 0 Å². The van der Waals surface area contributed by atoms with Crippen molar-refractivity contribution in [1.29, 1.82) is 0 Å². The molecule has 2 heterocycles. The average Bonchev–Trinajstić information content (AvgIpc) is 2.50. The molecule has 0 spiro atoms. The van der Waals surface area contributed by atoms with Crippen molar-refractivity contribution in [3.05, 3.63) is 0 Å². The molecule has 2 amide bonds. The van der Waals surface area contributed by atoms with Gasteiger partial charge in [0.15, 0.2) is 0 Å². The molecule has 0 aliphatic carbocycles. The van der Waals surface area contributed by atoms with E-state index in [4.69, 9.17) is 4.74 Å². The highest BCUT2D eigenvalue weighted by atomic mass is 16.6. The molecule has 0 radical (unpaired) electrons. The molecule has 0 bridgehead atoms. The Kier molecular flexibility index (Phi) is 3.50. The summed E-state index contributed by atoms with van der Waals surface area (Å²) in [6, 6.07) is 0.207. The van der Waals surface area contributed by atoms with Gasteiger partial charge in [-0.3, -0.25) is 4.79 Å². The zero-order valence-electron chi connectivity index (χ0n) is 11.4. The number of ether oxygens (including phenoxy) is 1. The number of nitrogens with zero attached hydrogens (tertiary/aromatic N) is 1. The molecule has 2 unspecified atom stereocenters. The largest absolute Gasteiger partial charge is 0.444 e. The van der Waals surface area contributed by atoms with E-state index < -0.39 is 5.60 Å². The summed E-state index contributed by atoms with van der Waals surface area (Å²) in [6.45, 7) is 6.28. The van der Waals surface area contributed by atoms with Crippen LogP contribution in [0.15, 0.2) is 0 Å². The van der Waals surface area contributed by atoms with Crippen LogP contribution in [-0.2, 0) is 9.53 Å². The molecule has 1 N–H and O–H groups in total. The minimum atomic E-state index is -0.469. The van der Waals surface area contributed by atoms with Gasteiger partial charge in [0.25, 0.3) is 0 Å². The van der Waals surface area contributed by atoms with E-state index in [0.29, 0.717) is 13.0 Å². The Labute approximate surface area is 108 Å². The quantitative estimate of drug-likeness (QED) is 0.715. The van der Waals surface area contributed by atoms with Gasteiger partial charge in [0, 0.05) is 13.0 Å². The third kappa shape index (κ3) is 2.94. The highest BCUT2D eigenvalue weighted by Gasteiger charge is 2.40. The van der Waals surface area contributed by atoms with Crippen molar-refractivity contribution in [2.45, 2.75) is 64.1 Å². The molecule has 102 valence electrons. The van der Waals surface area contributed by atoms with Gasteiger partial charge in [-0.2, -0.15) is 0 Å². The number of carbonyl (C=O) groups is 2. The Morgan fingerprint density at radius 1 is 1.39 bits per heavy atom. The third-order valence-corrected chi connectivity index (χ3v) is 3.42. The van der Waals surface area contributed by atoms with Crippen molar-refractivity contribution >= 4 is 12.0 Å². The number of rotatable bonds is 0. The molecular formula is C13H22N2O3. The van der Waals surface area contributed by atoms with Crippen LogP contribution >= 0.6 is 0 Å². The fraction of sp³-hybridized carbons (Fsp3) is 0.846. The average molecular weight is 254 g/mol. The zero-order chi connectivity index (χ0) is 13.3. The van der Waals surface area contributed by atoms with Crippen molar-refractivity contribution < 1.29 is 14.3 Å². The van der Waals surface area contributed by atoms with Crippen LogP contribution in [-0.4, -0.2) is 41.1 Å². The molecule has 5 nitrogen and oxygen atoms in total. The summed E-state index contributed by atoms with van der Waals surface area (Å²) in [5.41, 5.74) is -0.469. The van der Waals surface area contributed by atoms with Crippen LogP contribution in [0.2, 0.25) is 0 Å². The Hall–Kier alpha value is -1.26. The maximum Gasteiger partial charge on any atom is 0.410 e. The van der Waals surface area contributed by atoms with Gasteiger partial charge in [-0.1, -0.05) is 0 Å². The fourth-order valence-corrected chi connectivity index (χ4v) is 2.68. The van der Waals surface area contributed by atoms with Gasteiger partial charge in [-0.05, 0) is 40.0 Å². The predicted octanol–water partition coefficient (Wildman–Crippen LogP) is 1.66. The van der Waals surface area contributed by atoms with Gasteiger partial charge in [0.05, 0.1) is 12.1 Å². The van der Waals surface area contributed by atoms with Crippen molar-refractivity contribution in [2.75, 3.05) is 6.54 Å². The molecular weight excluding hydrogens is 232 g/mol. The van der Waals surface area contributed by atoms with Crippen LogP contribution in [0.25, 0.3) is 0 Å². The molecule has 2 rings (SSSR count). The Bertz CT molecular complexity index is 349. The van der Waals surface area contributed by atoms with Crippen molar-refractivity contribution in [3.63, 3.8) is 0 Å². The molecule has 2 aliphatic rings. The Balaban J connectivity index is 2.02. The van der Waals surface area contributed by atoms with Crippen LogP contribution in [0.3, 0.4) is 0 Å². The summed E-state index contributed by atoms with van der Waals surface area (Å²) >= 11 is 0. The standard InChI is InChI=1S/C13H22N2O3/c1-13(2,3)18-12(17)15-8-7-9-10(15)5-4-6-11(16)14-9/h9-10H,4-8H2,1-3H3,(H,14,16). The van der Waals surface area contributed by atoms with Crippen molar-refractivity contribution in [2.24, 2.45) is 0 Å². The number of amides is 2. The monoisotopic (exact) mass is 254 g/mol. The second-order valence-corrected chi connectivity index (χ2v) is 6.10. The van der Waals surface area contributed by atoms with E-state index in [1.165, 1.54) is 0 Å². The second-order valence-electron chi connectivity index (χ2n) is 6.10. The fourth-order valence-electron chi connectivity index (χ4n) is 2.68. The summed E-state index contributed by atoms with van der Waals surface area (Å²) in [5.74, 6) is 0.105. The van der Waals surface area contributed by atoms with Gasteiger partial charge in [0.1, 0.15) is 5.60 Å². The van der Waals surface area contributed by atoms with Crippen LogP contribution < -0.4 is 5.32 Å². The van der Waals surface area contributed by atoms with Gasteiger partial charge in [0.2, 0.25) is 5.91 Å². The van der Waals surface area contributed by atoms with E-state index in [1.807, 2.05) is 20.8 Å². The van der Waals surface area contributed by atoms with Crippen molar-refractivity contribution in [3.8, 4) is 0 Å². The first-order chi connectivity index (χ1) is 8.37. The highest BCUT2D eigenvalue weighted by Crippen LogP contribution is 2.27. The lowest BCUT2D eigenvalue weighted by atomic mass is 10.1. The second kappa shape index (κ2) is 4.78. The number of hydrogen-bond donors (Lipinski definition) is 1. The molecule has 2 atom stereocenters. The van der Waals surface area contributed by atoms with E-state index in [9.17, 15) is 9.59 Å². The topological polar surface area (TPSA) is 58.6 Å². The van der Waals surface area contributed by atoms with Crippen molar-refractivity contribution in [1.82, 2.24) is 10.2 Å². The lowest BCUT2D eigenvalue weighted by molar-refractivity contribution is -0.121. The molecule has 18 heavy (non-hydrogen) atoms. The predicted molar refractivity (Wildman–Crippen MR) is 67.1 cm³/mol. The molecule has 0 saturated carbocycles. The van der Waals surface area contributed by atoms with Gasteiger partial charge >= 0.3 is 6.09 Å². The summed E-state index contributed by atoms with van der Waals surface area (Å²) in [5, 5.41) is 3.00. The summed E-state index contributed by atoms with van der Waals surface area (Å²) < 4.78 is 5.41. The SMILES string of the molecule is CC(C)(C)OC(=O)N1CCC2NC(=O)CCCC21. The number of nitrogens with one attached hydrogen (secondary N) is 1. The maximum atomic E-state index is 12.1. The minimum absolute atomic E-state index is 0.103. The molecule has 2 aliphatic heterocycles. The van der Waals surface area contributed by atoms with Crippen LogP contribution in [0.4, 0.5) is 4.79 Å². The summed E-state index contributed by atoms with van der Waals surface area (Å²) in [7, 11) is 0. The molecule has 2 fully saturated rings. The third-order valence-electron chi connectivity index (χ3n) is 3.42. The molecule has 0 aromatic heterocycles. The molecule has 2 saturated heterocycles. The first-order valence-electron chi connectivity index (χ1n) is 6.66. The van der Waals surface area contributed by atoms with E-state index in [0.717, 1.165) is 19.3 Å². The Morgan fingerprint density at radius 3 is 2.78 bits per heavy atom. The summed E-state index contributed by atoms with van der Waals surface area (Å²) in [4.78, 5) is 25.4. The normalized spacial score (nSPS) is 28.4. The van der Waals surface area contributed by atoms with Gasteiger partial charge in [-0.15, -0.1) is 0 Å². The van der Waals surface area contributed by atoms with Gasteiger partial charge < -0.3 is 15.0 Å². The van der Waals surface area contributed by atoms with E-state index in [2.05, 4.69) is 5.32 Å². The number of likely N-dealkylation sites (tertiary alicyclic amines) is 1. The van der Waals surface area contributed by atoms with E-state index in [1.54, 1.807) is 4.90 Å². The minimum Gasteiger partial charge on any atom is -0.444 e. The first-order valence-corrected chi connectivity index (χ1v) is 6.66. The zero-order valence-corrected chi connectivity index (χ0v) is 11.4. The molecule has 0 aromatic rings. The van der Waals surface area contributed by atoms with Crippen LogP contribution in [0.5, 0.6) is 0 Å². The van der Waals surface area contributed by atoms with Crippen LogP contribution in [0.1, 0.15) is 46.5 Å². The lowest BCUT2D eigenvalue weighted by Crippen LogP contribution is -2.46. The number of fused-ring (bicyclic) bond motifs is 1. The van der Waals surface area contributed by atoms with Crippen LogP contribution in [0, 0.1) is 0 Å². The lowest BCUT2D eigenvalue weighted by Gasteiger charge is -2.29. The molecule has 5 heteroatoms. The number of carbonyl (C=O) groups excluding carboxylic acids is 2. The first kappa shape index (κ1) is 13.2. The number of hydrogen-bond acceptors (Lipinski definition) is 3. The van der Waals surface area contributed by atoms with E-state index in [-0.39, 0.29) is 24.1 Å². The van der Waals surface area contributed by atoms with Gasteiger partial charge in [-0.25, -0.2) is 4.79 Å². The maximum absolute atomic E-state index is 12.1. The smallest absolute Gasteiger partial charge is 0.410 e.